The molecule has 98 valence electrons. The van der Waals surface area contributed by atoms with Gasteiger partial charge in [-0.15, -0.1) is 0 Å². The first kappa shape index (κ1) is 11.7. The summed E-state index contributed by atoms with van der Waals surface area (Å²) in [4.78, 5) is 11.0. The second-order valence-corrected chi connectivity index (χ2v) is 5.31. The van der Waals surface area contributed by atoms with E-state index in [1.165, 1.54) is 19.3 Å². The lowest BCUT2D eigenvalue weighted by Crippen LogP contribution is -2.29. The third-order valence-electron chi connectivity index (χ3n) is 3.84. The maximum atomic E-state index is 4.38. The molecule has 1 aromatic rings. The summed E-state index contributed by atoms with van der Waals surface area (Å²) in [7, 11) is 2.02. The molecule has 0 amide bonds. The summed E-state index contributed by atoms with van der Waals surface area (Å²) >= 11 is 0. The van der Waals surface area contributed by atoms with Crippen molar-refractivity contribution in [2.75, 3.05) is 36.9 Å². The summed E-state index contributed by atoms with van der Waals surface area (Å²) in [6.07, 6.45) is 5.57. The quantitative estimate of drug-likeness (QED) is 0.816. The van der Waals surface area contributed by atoms with Crippen molar-refractivity contribution >= 4 is 11.6 Å². The van der Waals surface area contributed by atoms with Gasteiger partial charge in [0, 0.05) is 31.7 Å². The van der Waals surface area contributed by atoms with Crippen LogP contribution in [0.15, 0.2) is 12.4 Å². The lowest BCUT2D eigenvalue weighted by atomic mass is 10.3. The molecule has 5 nitrogen and oxygen atoms in total. The second-order valence-electron chi connectivity index (χ2n) is 5.31. The molecule has 0 bridgehead atoms. The molecule has 2 heterocycles. The fraction of sp³-hybridized carbons (Fsp3) is 0.692. The maximum absolute atomic E-state index is 4.38. The normalized spacial score (nSPS) is 23.4. The lowest BCUT2D eigenvalue weighted by molar-refractivity contribution is 0.616. The molecule has 1 aromatic heterocycles. The van der Waals surface area contributed by atoms with Crippen molar-refractivity contribution in [3.05, 3.63) is 12.4 Å². The molecule has 2 aliphatic rings. The van der Waals surface area contributed by atoms with Crippen molar-refractivity contribution in [2.45, 2.75) is 25.3 Å². The van der Waals surface area contributed by atoms with Crippen LogP contribution in [0.3, 0.4) is 0 Å². The van der Waals surface area contributed by atoms with Gasteiger partial charge in [0.05, 0.1) is 0 Å². The van der Waals surface area contributed by atoms with Crippen LogP contribution in [0.25, 0.3) is 0 Å². The molecule has 1 saturated heterocycles. The van der Waals surface area contributed by atoms with Crippen molar-refractivity contribution in [1.82, 2.24) is 15.3 Å². The molecule has 0 radical (unpaired) electrons. The van der Waals surface area contributed by atoms with Gasteiger partial charge in [-0.3, -0.25) is 0 Å². The van der Waals surface area contributed by atoms with Crippen LogP contribution in [0.1, 0.15) is 19.3 Å². The van der Waals surface area contributed by atoms with Crippen LogP contribution in [-0.2, 0) is 0 Å². The molecular formula is C13H21N5. The van der Waals surface area contributed by atoms with Crippen molar-refractivity contribution in [2.24, 2.45) is 5.92 Å². The number of nitrogens with one attached hydrogen (secondary N) is 2. The third kappa shape index (κ3) is 2.72. The van der Waals surface area contributed by atoms with Crippen LogP contribution in [0.5, 0.6) is 0 Å². The smallest absolute Gasteiger partial charge is 0.134 e. The highest BCUT2D eigenvalue weighted by molar-refractivity contribution is 5.49. The zero-order valence-corrected chi connectivity index (χ0v) is 10.9. The van der Waals surface area contributed by atoms with E-state index < -0.39 is 0 Å². The summed E-state index contributed by atoms with van der Waals surface area (Å²) in [6, 6.07) is 2.66. The predicted molar refractivity (Wildman–Crippen MR) is 72.9 cm³/mol. The van der Waals surface area contributed by atoms with Crippen molar-refractivity contribution < 1.29 is 0 Å². The zero-order valence-electron chi connectivity index (χ0n) is 10.9. The number of rotatable bonds is 5. The van der Waals surface area contributed by atoms with E-state index in [0.717, 1.165) is 37.2 Å². The number of anilines is 2. The lowest BCUT2D eigenvalue weighted by Gasteiger charge is -2.17. The molecule has 3 rings (SSSR count). The summed E-state index contributed by atoms with van der Waals surface area (Å²) in [5, 5.41) is 6.73. The van der Waals surface area contributed by atoms with Crippen LogP contribution in [0.4, 0.5) is 11.6 Å². The fourth-order valence-corrected chi connectivity index (χ4v) is 2.39. The Morgan fingerprint density at radius 1 is 1.33 bits per heavy atom. The van der Waals surface area contributed by atoms with E-state index in [4.69, 9.17) is 0 Å². The highest BCUT2D eigenvalue weighted by Gasteiger charge is 2.23. The Balaban J connectivity index is 1.62. The van der Waals surface area contributed by atoms with Gasteiger partial charge in [-0.2, -0.15) is 0 Å². The van der Waals surface area contributed by atoms with Gasteiger partial charge < -0.3 is 15.5 Å². The van der Waals surface area contributed by atoms with Crippen LogP contribution in [-0.4, -0.2) is 42.7 Å². The Bertz CT molecular complexity index is 404. The van der Waals surface area contributed by atoms with Gasteiger partial charge in [-0.25, -0.2) is 9.97 Å². The van der Waals surface area contributed by atoms with Gasteiger partial charge in [0.25, 0.3) is 0 Å². The van der Waals surface area contributed by atoms with E-state index in [0.29, 0.717) is 6.04 Å². The topological polar surface area (TPSA) is 53.1 Å². The van der Waals surface area contributed by atoms with Gasteiger partial charge in [0.15, 0.2) is 0 Å². The Kier molecular flexibility index (Phi) is 3.32. The second kappa shape index (κ2) is 5.10. The van der Waals surface area contributed by atoms with Crippen LogP contribution < -0.4 is 15.5 Å². The predicted octanol–water partition coefficient (Wildman–Crippen LogP) is 1.10. The van der Waals surface area contributed by atoms with Gasteiger partial charge in [0.2, 0.25) is 0 Å². The average molecular weight is 247 g/mol. The minimum atomic E-state index is 0.586. The van der Waals surface area contributed by atoms with E-state index >= 15 is 0 Å². The summed E-state index contributed by atoms with van der Waals surface area (Å²) in [5.41, 5.74) is 0. The highest BCUT2D eigenvalue weighted by atomic mass is 15.2. The van der Waals surface area contributed by atoms with Gasteiger partial charge in [-0.05, 0) is 32.2 Å². The Morgan fingerprint density at radius 3 is 2.94 bits per heavy atom. The van der Waals surface area contributed by atoms with Gasteiger partial charge >= 0.3 is 0 Å². The van der Waals surface area contributed by atoms with Crippen molar-refractivity contribution in [3.8, 4) is 0 Å². The molecule has 5 heteroatoms. The van der Waals surface area contributed by atoms with E-state index in [-0.39, 0.29) is 0 Å². The van der Waals surface area contributed by atoms with Crippen LogP contribution in [0.2, 0.25) is 0 Å². The number of likely N-dealkylation sites (N-methyl/N-ethyl adjacent to an activating group) is 1. The fourth-order valence-electron chi connectivity index (χ4n) is 2.39. The number of nitrogens with zero attached hydrogens (tertiary/aromatic N) is 3. The first-order valence-electron chi connectivity index (χ1n) is 6.83. The molecule has 1 atom stereocenters. The van der Waals surface area contributed by atoms with Crippen molar-refractivity contribution in [3.63, 3.8) is 0 Å². The first-order valence-corrected chi connectivity index (χ1v) is 6.83. The van der Waals surface area contributed by atoms with Gasteiger partial charge in [-0.1, -0.05) is 0 Å². The molecule has 0 spiro atoms. The Hall–Kier alpha value is -1.36. The summed E-state index contributed by atoms with van der Waals surface area (Å²) in [6.45, 7) is 3.16. The number of hydrogen-bond donors (Lipinski definition) is 2. The molecule has 1 aliphatic heterocycles. The Labute approximate surface area is 108 Å². The minimum Gasteiger partial charge on any atom is -0.370 e. The van der Waals surface area contributed by atoms with E-state index in [9.17, 15) is 0 Å². The monoisotopic (exact) mass is 247 g/mol. The SMILES string of the molecule is CN[C@@H]1CCN(c2cc(NCC3CC3)ncn2)C1. The van der Waals surface area contributed by atoms with E-state index in [1.54, 1.807) is 6.33 Å². The average Bonchev–Trinajstić information content (AvgIpc) is 3.12. The molecule has 2 fully saturated rings. The molecule has 18 heavy (non-hydrogen) atoms. The Morgan fingerprint density at radius 2 is 2.22 bits per heavy atom. The largest absolute Gasteiger partial charge is 0.370 e. The number of hydrogen-bond acceptors (Lipinski definition) is 5. The van der Waals surface area contributed by atoms with Crippen LogP contribution >= 0.6 is 0 Å². The molecular weight excluding hydrogens is 226 g/mol. The van der Waals surface area contributed by atoms with Gasteiger partial charge in [0.1, 0.15) is 18.0 Å². The summed E-state index contributed by atoms with van der Waals surface area (Å²) < 4.78 is 0. The minimum absolute atomic E-state index is 0.586. The van der Waals surface area contributed by atoms with Crippen molar-refractivity contribution in [1.29, 1.82) is 0 Å². The molecule has 1 saturated carbocycles. The standard InChI is InChI=1S/C13H21N5/c1-14-11-4-5-18(8-11)13-6-12(16-9-17-13)15-7-10-2-3-10/h6,9-11,14H,2-5,7-8H2,1H3,(H,15,16,17)/t11-/m1/s1. The highest BCUT2D eigenvalue weighted by Crippen LogP contribution is 2.29. The zero-order chi connectivity index (χ0) is 12.4. The number of aromatic nitrogens is 2. The molecule has 1 aliphatic carbocycles. The third-order valence-corrected chi connectivity index (χ3v) is 3.84. The van der Waals surface area contributed by atoms with Crippen LogP contribution in [0, 0.1) is 5.92 Å². The van der Waals surface area contributed by atoms with E-state index in [1.807, 2.05) is 7.05 Å². The maximum Gasteiger partial charge on any atom is 0.134 e. The molecule has 0 unspecified atom stereocenters. The molecule has 0 aromatic carbocycles. The summed E-state index contributed by atoms with van der Waals surface area (Å²) in [5.74, 6) is 2.87. The molecule has 2 N–H and O–H groups in total. The first-order chi connectivity index (χ1) is 8.85. The van der Waals surface area contributed by atoms with E-state index in [2.05, 4.69) is 31.6 Å².